The molecule has 2 rings (SSSR count). The van der Waals surface area contributed by atoms with Crippen LogP contribution < -0.4 is 5.73 Å². The van der Waals surface area contributed by atoms with Crippen molar-refractivity contribution >= 4 is 11.7 Å². The van der Waals surface area contributed by atoms with Gasteiger partial charge < -0.3 is 15.5 Å². The van der Waals surface area contributed by atoms with Crippen LogP contribution in [0.15, 0.2) is 41.6 Å². The van der Waals surface area contributed by atoms with Gasteiger partial charge in [-0.15, -0.1) is 6.58 Å². The lowest BCUT2D eigenvalue weighted by molar-refractivity contribution is -0.0683. The molecule has 0 radical (unpaired) electrons. The number of rotatable bonds is 5. The first kappa shape index (κ1) is 29.2. The van der Waals surface area contributed by atoms with Crippen molar-refractivity contribution in [3.63, 3.8) is 0 Å². The van der Waals surface area contributed by atoms with Crippen molar-refractivity contribution in [2.45, 2.75) is 45.3 Å². The number of alkyl halides is 3. The Morgan fingerprint density at radius 1 is 1.18 bits per heavy atom. The van der Waals surface area contributed by atoms with Crippen LogP contribution in [0.5, 0.6) is 0 Å². The Kier molecular flexibility index (Phi) is 10.8. The van der Waals surface area contributed by atoms with Crippen LogP contribution in [0.4, 0.5) is 26.3 Å². The molecule has 1 aromatic carbocycles. The van der Waals surface area contributed by atoms with Crippen LogP contribution >= 0.6 is 0 Å². The molecule has 3 N–H and O–H groups in total. The lowest BCUT2D eigenvalue weighted by Crippen LogP contribution is -2.52. The van der Waals surface area contributed by atoms with E-state index in [2.05, 4.69) is 25.1 Å². The first-order chi connectivity index (χ1) is 15.7. The van der Waals surface area contributed by atoms with Crippen molar-refractivity contribution in [3.8, 4) is 0 Å². The third kappa shape index (κ3) is 8.51. The van der Waals surface area contributed by atoms with E-state index in [1.807, 2.05) is 6.92 Å². The van der Waals surface area contributed by atoms with Gasteiger partial charge in [0.2, 0.25) is 5.84 Å². The number of nitrogens with zero attached hydrogens (tertiary/aromatic N) is 3. The lowest BCUT2D eigenvalue weighted by Gasteiger charge is -2.39. The molecule has 1 aliphatic rings. The van der Waals surface area contributed by atoms with Gasteiger partial charge in [0, 0.05) is 44.4 Å². The fourth-order valence-corrected chi connectivity index (χ4v) is 3.10. The highest BCUT2D eigenvalue weighted by atomic mass is 19.4. The van der Waals surface area contributed by atoms with Gasteiger partial charge in [-0.2, -0.15) is 13.2 Å². The summed E-state index contributed by atoms with van der Waals surface area (Å²) in [5, 5.41) is 8.15. The minimum Gasteiger partial charge on any atom is -0.353 e. The Morgan fingerprint density at radius 3 is 2.21 bits per heavy atom. The molecule has 34 heavy (non-hydrogen) atoms. The molecule has 1 fully saturated rings. The van der Waals surface area contributed by atoms with Gasteiger partial charge in [0.15, 0.2) is 11.6 Å². The second-order valence-corrected chi connectivity index (χ2v) is 7.97. The van der Waals surface area contributed by atoms with Crippen molar-refractivity contribution in [1.29, 1.82) is 5.41 Å². The number of hydrogen-bond acceptors (Lipinski definition) is 3. The zero-order valence-corrected chi connectivity index (χ0v) is 19.6. The minimum absolute atomic E-state index is 0.0276. The van der Waals surface area contributed by atoms with Crippen LogP contribution in [0.3, 0.4) is 0 Å². The van der Waals surface area contributed by atoms with Crippen LogP contribution in [-0.4, -0.2) is 60.4 Å². The Labute approximate surface area is 196 Å². The molecular formula is C23H31F6N5. The highest BCUT2D eigenvalue weighted by molar-refractivity contribution is 5.89. The number of nitrogens with two attached hydrogens (primary N) is 1. The van der Waals surface area contributed by atoms with Crippen molar-refractivity contribution in [1.82, 2.24) is 9.80 Å². The Hall–Kier alpha value is -2.82. The molecule has 190 valence electrons. The smallest absolute Gasteiger partial charge is 0.353 e. The highest BCUT2D eigenvalue weighted by Gasteiger charge is 2.41. The summed E-state index contributed by atoms with van der Waals surface area (Å²) < 4.78 is 79.1. The van der Waals surface area contributed by atoms with Gasteiger partial charge in [0.05, 0.1) is 12.4 Å². The maximum absolute atomic E-state index is 13.7. The largest absolute Gasteiger partial charge is 0.449 e. The maximum atomic E-state index is 13.7. The van der Waals surface area contributed by atoms with Gasteiger partial charge in [-0.25, -0.2) is 13.2 Å². The van der Waals surface area contributed by atoms with Crippen molar-refractivity contribution < 1.29 is 26.3 Å². The molecule has 1 saturated heterocycles. The van der Waals surface area contributed by atoms with E-state index >= 15 is 0 Å². The van der Waals surface area contributed by atoms with E-state index in [4.69, 9.17) is 11.1 Å². The number of piperazine rings is 1. The Morgan fingerprint density at radius 2 is 1.74 bits per heavy atom. The lowest BCUT2D eigenvalue weighted by atomic mass is 10.0. The predicted molar refractivity (Wildman–Crippen MR) is 122 cm³/mol. The summed E-state index contributed by atoms with van der Waals surface area (Å²) >= 11 is 0. The first-order valence-electron chi connectivity index (χ1n) is 10.6. The fraction of sp³-hybridized carbons (Fsp3) is 0.478. The Balaban J connectivity index is 0.00000104. The number of amidine groups is 2. The van der Waals surface area contributed by atoms with Gasteiger partial charge in [0.1, 0.15) is 5.82 Å². The van der Waals surface area contributed by atoms with Crippen LogP contribution in [0.25, 0.3) is 0 Å². The van der Waals surface area contributed by atoms with Crippen LogP contribution in [0.1, 0.15) is 32.3 Å². The predicted octanol–water partition coefficient (Wildman–Crippen LogP) is 5.04. The summed E-state index contributed by atoms with van der Waals surface area (Å²) in [4.78, 5) is 5.75. The first-order valence-corrected chi connectivity index (χ1v) is 10.6. The van der Waals surface area contributed by atoms with Gasteiger partial charge in [-0.05, 0) is 31.4 Å². The topological polar surface area (TPSA) is 68.7 Å². The van der Waals surface area contributed by atoms with Gasteiger partial charge in [-0.1, -0.05) is 19.1 Å². The Bertz CT molecular complexity index is 925. The molecule has 5 nitrogen and oxygen atoms in total. The van der Waals surface area contributed by atoms with E-state index < -0.39 is 35.5 Å². The van der Waals surface area contributed by atoms with Gasteiger partial charge >= 0.3 is 6.18 Å². The molecule has 0 spiro atoms. The summed E-state index contributed by atoms with van der Waals surface area (Å²) in [6.07, 6.45) is -3.67. The molecule has 0 bridgehead atoms. The van der Waals surface area contributed by atoms with Gasteiger partial charge in [0.25, 0.3) is 0 Å². The molecular weight excluding hydrogens is 460 g/mol. The van der Waals surface area contributed by atoms with E-state index in [1.54, 1.807) is 0 Å². The zero-order valence-electron chi connectivity index (χ0n) is 19.6. The normalized spacial score (nSPS) is 15.6. The average molecular weight is 492 g/mol. The molecule has 1 aromatic rings. The van der Waals surface area contributed by atoms with E-state index in [1.165, 1.54) is 10.5 Å². The quantitative estimate of drug-likeness (QED) is 0.200. The number of aliphatic imine (C=N–C) groups is 1. The second-order valence-electron chi connectivity index (χ2n) is 7.97. The van der Waals surface area contributed by atoms with Gasteiger partial charge in [-0.3, -0.25) is 10.4 Å². The zero-order chi connectivity index (χ0) is 26.2. The SMILES string of the molecule is C=C(C)CC.C=C1CN(C(=N)CC(N)Cc2cc(F)c(F)cc2F)CCN1C(=NC)C(F)(F)F. The number of nitrogens with one attached hydrogen (secondary N) is 1. The molecule has 11 heteroatoms. The molecule has 1 heterocycles. The number of halogens is 6. The van der Waals surface area contributed by atoms with Crippen molar-refractivity contribution in [3.05, 3.63) is 59.6 Å². The summed E-state index contributed by atoms with van der Waals surface area (Å²) in [6.45, 7) is 11.5. The summed E-state index contributed by atoms with van der Waals surface area (Å²) in [7, 11) is 1.04. The third-order valence-corrected chi connectivity index (χ3v) is 5.08. The second kappa shape index (κ2) is 12.6. The summed E-state index contributed by atoms with van der Waals surface area (Å²) in [5.41, 5.74) is 7.17. The number of hydrogen-bond donors (Lipinski definition) is 2. The minimum atomic E-state index is -4.62. The highest BCUT2D eigenvalue weighted by Crippen LogP contribution is 2.25. The van der Waals surface area contributed by atoms with Crippen molar-refractivity contribution in [2.24, 2.45) is 10.7 Å². The molecule has 0 aromatic heterocycles. The van der Waals surface area contributed by atoms with Crippen molar-refractivity contribution in [2.75, 3.05) is 26.7 Å². The molecule has 0 saturated carbocycles. The molecule has 0 amide bonds. The molecule has 0 aliphatic carbocycles. The fourth-order valence-electron chi connectivity index (χ4n) is 3.10. The molecule has 1 unspecified atom stereocenters. The van der Waals surface area contributed by atoms with E-state index in [0.29, 0.717) is 6.07 Å². The van der Waals surface area contributed by atoms with Crippen LogP contribution in [0.2, 0.25) is 0 Å². The monoisotopic (exact) mass is 491 g/mol. The average Bonchev–Trinajstić information content (AvgIpc) is 2.73. The maximum Gasteiger partial charge on any atom is 0.449 e. The third-order valence-electron chi connectivity index (χ3n) is 5.08. The van der Waals surface area contributed by atoms with E-state index in [-0.39, 0.29) is 49.6 Å². The van der Waals surface area contributed by atoms with Crippen LogP contribution in [-0.2, 0) is 6.42 Å². The standard InChI is InChI=1S/C18H21F6N5.C5H10/c1-10-9-28(3-4-29(10)17(27-2)18(22,23)24)16(26)7-12(25)5-11-6-14(20)15(21)8-13(11)19;1-4-5(2)3/h6,8,12,26H,1,3-5,7,9,25H2,2H3;2,4H2,1,3H3. The number of allylic oxidation sites excluding steroid dienone is 1. The van der Waals surface area contributed by atoms with E-state index in [0.717, 1.165) is 24.4 Å². The summed E-state index contributed by atoms with van der Waals surface area (Å²) in [5.74, 6) is -4.47. The summed E-state index contributed by atoms with van der Waals surface area (Å²) in [6, 6.07) is 0.382. The van der Waals surface area contributed by atoms with E-state index in [9.17, 15) is 26.3 Å². The molecule has 1 aliphatic heterocycles. The molecule has 1 atom stereocenters. The van der Waals surface area contributed by atoms with Crippen LogP contribution in [0, 0.1) is 22.9 Å². The number of benzene rings is 1.